The van der Waals surface area contributed by atoms with Crippen LogP contribution in [0.2, 0.25) is 0 Å². The molecule has 25 heavy (non-hydrogen) atoms. The summed E-state index contributed by atoms with van der Waals surface area (Å²) in [7, 11) is -7.68. The highest BCUT2D eigenvalue weighted by Crippen LogP contribution is 2.32. The lowest BCUT2D eigenvalue weighted by Crippen LogP contribution is -2.61. The van der Waals surface area contributed by atoms with E-state index in [-0.39, 0.29) is 36.9 Å². The summed E-state index contributed by atoms with van der Waals surface area (Å²) in [4.78, 5) is 13.1. The molecule has 0 unspecified atom stereocenters. The molecular weight excluding hydrogens is 371 g/mol. The molecule has 1 aromatic rings. The first-order valence-corrected chi connectivity index (χ1v) is 11.2. The second kappa shape index (κ2) is 6.33. The minimum absolute atomic E-state index is 0.0565. The van der Waals surface area contributed by atoms with Gasteiger partial charge in [0, 0.05) is 19.5 Å². The zero-order valence-corrected chi connectivity index (χ0v) is 15.3. The molecule has 0 N–H and O–H groups in total. The number of hydrogen-bond donors (Lipinski definition) is 0. The van der Waals surface area contributed by atoms with Crippen LogP contribution in [0.15, 0.2) is 29.2 Å². The smallest absolute Gasteiger partial charge is 0.246 e. The van der Waals surface area contributed by atoms with Crippen LogP contribution in [0.3, 0.4) is 0 Å². The largest absolute Gasteiger partial charge is 0.336 e. The van der Waals surface area contributed by atoms with Crippen LogP contribution < -0.4 is 0 Å². The standard InChI is InChI=1S/C15H19FN2O5S2/c1-2-15(19)17-7-8-18(13-10-24(20,21)9-12(13)17)25(22,23)14-6-4-3-5-11(14)16/h3-6,12-13H,2,7-10H2,1H3/t12-,13+/m1/s1. The van der Waals surface area contributed by atoms with Gasteiger partial charge in [-0.3, -0.25) is 4.79 Å². The van der Waals surface area contributed by atoms with Crippen molar-refractivity contribution in [2.75, 3.05) is 24.6 Å². The van der Waals surface area contributed by atoms with Crippen LogP contribution in [0.5, 0.6) is 0 Å². The van der Waals surface area contributed by atoms with Gasteiger partial charge in [0.25, 0.3) is 0 Å². The van der Waals surface area contributed by atoms with Crippen LogP contribution in [0.25, 0.3) is 0 Å². The van der Waals surface area contributed by atoms with Crippen molar-refractivity contribution in [3.8, 4) is 0 Å². The lowest BCUT2D eigenvalue weighted by Gasteiger charge is -2.42. The Morgan fingerprint density at radius 1 is 1.20 bits per heavy atom. The van der Waals surface area contributed by atoms with E-state index in [9.17, 15) is 26.0 Å². The summed E-state index contributed by atoms with van der Waals surface area (Å²) in [5.74, 6) is -1.73. The van der Waals surface area contributed by atoms with Crippen LogP contribution in [-0.4, -0.2) is 68.6 Å². The number of hydrogen-bond acceptors (Lipinski definition) is 5. The van der Waals surface area contributed by atoms with Crippen LogP contribution in [0.4, 0.5) is 4.39 Å². The first kappa shape index (κ1) is 18.3. The molecule has 0 radical (unpaired) electrons. The number of benzene rings is 1. The van der Waals surface area contributed by atoms with Gasteiger partial charge in [-0.25, -0.2) is 21.2 Å². The van der Waals surface area contributed by atoms with E-state index in [0.717, 1.165) is 16.4 Å². The van der Waals surface area contributed by atoms with Crippen molar-refractivity contribution in [3.63, 3.8) is 0 Å². The number of amides is 1. The highest BCUT2D eigenvalue weighted by Gasteiger charge is 2.51. The summed E-state index contributed by atoms with van der Waals surface area (Å²) in [5, 5.41) is 0. The fraction of sp³-hybridized carbons (Fsp3) is 0.533. The zero-order chi connectivity index (χ0) is 18.4. The van der Waals surface area contributed by atoms with Gasteiger partial charge >= 0.3 is 0 Å². The topological polar surface area (TPSA) is 91.8 Å². The number of rotatable bonds is 3. The van der Waals surface area contributed by atoms with Gasteiger partial charge in [0.15, 0.2) is 9.84 Å². The highest BCUT2D eigenvalue weighted by atomic mass is 32.2. The van der Waals surface area contributed by atoms with Crippen LogP contribution in [0.1, 0.15) is 13.3 Å². The maximum Gasteiger partial charge on any atom is 0.246 e. The molecule has 1 amide bonds. The molecule has 2 aliphatic heterocycles. The van der Waals surface area contributed by atoms with Gasteiger partial charge in [0.05, 0.1) is 23.6 Å². The van der Waals surface area contributed by atoms with Crippen LogP contribution in [0, 0.1) is 5.82 Å². The number of sulfonamides is 1. The van der Waals surface area contributed by atoms with Crippen molar-refractivity contribution in [1.82, 2.24) is 9.21 Å². The van der Waals surface area contributed by atoms with Gasteiger partial charge in [-0.1, -0.05) is 19.1 Å². The third kappa shape index (κ3) is 3.18. The van der Waals surface area contributed by atoms with Crippen molar-refractivity contribution in [1.29, 1.82) is 0 Å². The second-order valence-corrected chi connectivity index (χ2v) is 10.2. The van der Waals surface area contributed by atoms with E-state index in [1.54, 1.807) is 6.92 Å². The normalized spacial score (nSPS) is 26.4. The van der Waals surface area contributed by atoms with Crippen molar-refractivity contribution >= 4 is 25.8 Å². The molecule has 3 rings (SSSR count). The summed E-state index contributed by atoms with van der Waals surface area (Å²) < 4.78 is 65.0. The molecule has 1 aromatic carbocycles. The maximum atomic E-state index is 14.0. The van der Waals surface area contributed by atoms with Gasteiger partial charge in [-0.2, -0.15) is 4.31 Å². The fourth-order valence-electron chi connectivity index (χ4n) is 3.51. The Morgan fingerprint density at radius 2 is 1.84 bits per heavy atom. The third-order valence-corrected chi connectivity index (χ3v) is 8.33. The molecule has 0 saturated carbocycles. The molecule has 2 atom stereocenters. The maximum absolute atomic E-state index is 14.0. The summed E-state index contributed by atoms with van der Waals surface area (Å²) in [6, 6.07) is 3.39. The molecule has 2 heterocycles. The molecular formula is C15H19FN2O5S2. The zero-order valence-electron chi connectivity index (χ0n) is 13.6. The van der Waals surface area contributed by atoms with Crippen molar-refractivity contribution in [3.05, 3.63) is 30.1 Å². The van der Waals surface area contributed by atoms with Gasteiger partial charge in [0.1, 0.15) is 10.7 Å². The Bertz CT molecular complexity index is 900. The predicted octanol–water partition coefficient (Wildman–Crippen LogP) is 0.234. The molecule has 0 aromatic heterocycles. The first-order valence-electron chi connectivity index (χ1n) is 7.93. The van der Waals surface area contributed by atoms with Gasteiger partial charge < -0.3 is 4.90 Å². The van der Waals surface area contributed by atoms with E-state index in [0.29, 0.717) is 0 Å². The predicted molar refractivity (Wildman–Crippen MR) is 88.5 cm³/mol. The minimum atomic E-state index is -4.20. The SMILES string of the molecule is CCC(=O)N1CCN(S(=O)(=O)c2ccccc2F)[C@H]2CS(=O)(=O)C[C@H]21. The minimum Gasteiger partial charge on any atom is -0.336 e. The lowest BCUT2D eigenvalue weighted by molar-refractivity contribution is -0.135. The molecule has 2 saturated heterocycles. The summed E-state index contributed by atoms with van der Waals surface area (Å²) in [5.41, 5.74) is 0. The molecule has 0 spiro atoms. The van der Waals surface area contributed by atoms with Crippen LogP contribution in [-0.2, 0) is 24.7 Å². The Labute approximate surface area is 146 Å². The first-order chi connectivity index (χ1) is 11.7. The number of carbonyl (C=O) groups is 1. The molecule has 0 bridgehead atoms. The third-order valence-electron chi connectivity index (χ3n) is 4.67. The monoisotopic (exact) mass is 390 g/mol. The van der Waals surface area contributed by atoms with Gasteiger partial charge in [0.2, 0.25) is 15.9 Å². The number of sulfone groups is 1. The Hall–Kier alpha value is -1.52. The quantitative estimate of drug-likeness (QED) is 0.737. The Morgan fingerprint density at radius 3 is 2.48 bits per heavy atom. The highest BCUT2D eigenvalue weighted by molar-refractivity contribution is 7.92. The average molecular weight is 390 g/mol. The average Bonchev–Trinajstić information content (AvgIpc) is 2.87. The number of fused-ring (bicyclic) bond motifs is 1. The molecule has 7 nitrogen and oxygen atoms in total. The van der Waals surface area contributed by atoms with Crippen molar-refractivity contribution < 1.29 is 26.0 Å². The molecule has 138 valence electrons. The lowest BCUT2D eigenvalue weighted by atomic mass is 10.1. The van der Waals surface area contributed by atoms with Crippen molar-refractivity contribution in [2.45, 2.75) is 30.3 Å². The van der Waals surface area contributed by atoms with Gasteiger partial charge in [-0.15, -0.1) is 0 Å². The Balaban J connectivity index is 2.02. The van der Waals surface area contributed by atoms with E-state index >= 15 is 0 Å². The van der Waals surface area contributed by atoms with E-state index in [1.807, 2.05) is 0 Å². The molecule has 2 aliphatic rings. The second-order valence-electron chi connectivity index (χ2n) is 6.20. The molecule has 2 fully saturated rings. The fourth-order valence-corrected chi connectivity index (χ4v) is 7.30. The summed E-state index contributed by atoms with van der Waals surface area (Å²) in [6.45, 7) is 1.71. The number of nitrogens with zero attached hydrogens (tertiary/aromatic N) is 2. The number of halogens is 1. The Kier molecular flexibility index (Phi) is 4.63. The molecule has 10 heteroatoms. The van der Waals surface area contributed by atoms with Crippen LogP contribution >= 0.6 is 0 Å². The van der Waals surface area contributed by atoms with Gasteiger partial charge in [-0.05, 0) is 12.1 Å². The summed E-state index contributed by atoms with van der Waals surface area (Å²) in [6.07, 6.45) is 0.212. The number of piperazine rings is 1. The van der Waals surface area contributed by atoms with E-state index < -0.39 is 42.7 Å². The van der Waals surface area contributed by atoms with E-state index in [1.165, 1.54) is 17.0 Å². The van der Waals surface area contributed by atoms with E-state index in [2.05, 4.69) is 0 Å². The number of carbonyl (C=O) groups excluding carboxylic acids is 1. The van der Waals surface area contributed by atoms with E-state index in [4.69, 9.17) is 0 Å². The molecule has 0 aliphatic carbocycles. The van der Waals surface area contributed by atoms with Crippen molar-refractivity contribution in [2.24, 2.45) is 0 Å². The summed E-state index contributed by atoms with van der Waals surface area (Å²) >= 11 is 0.